The van der Waals surface area contributed by atoms with Crippen molar-refractivity contribution in [1.29, 1.82) is 0 Å². The minimum Gasteiger partial charge on any atom is -0.507 e. The van der Waals surface area contributed by atoms with Crippen LogP contribution in [0.2, 0.25) is 0 Å². The van der Waals surface area contributed by atoms with Crippen molar-refractivity contribution in [2.45, 2.75) is 19.8 Å². The number of phenols is 1. The van der Waals surface area contributed by atoms with Crippen molar-refractivity contribution >= 4 is 21.7 Å². The number of carbonyl (C=O) groups excluding carboxylic acids is 1. The maximum absolute atomic E-state index is 11.5. The molecule has 0 spiro atoms. The Balaban J connectivity index is 0.00000133. The summed E-state index contributed by atoms with van der Waals surface area (Å²) in [6.07, 6.45) is 1.55. The molecule has 1 heterocycles. The van der Waals surface area contributed by atoms with Crippen LogP contribution in [0.3, 0.4) is 0 Å². The zero-order chi connectivity index (χ0) is 12.9. The summed E-state index contributed by atoms with van der Waals surface area (Å²) in [6, 6.07) is 3.48. The number of carbonyl (C=O) groups is 1. The molecule has 1 aromatic heterocycles. The Morgan fingerprint density at radius 3 is 2.74 bits per heavy atom. The lowest BCUT2D eigenvalue weighted by Gasteiger charge is -2.17. The number of H-pyrrole nitrogens is 1. The van der Waals surface area contributed by atoms with Crippen LogP contribution in [0, 0.1) is 0 Å². The van der Waals surface area contributed by atoms with Gasteiger partial charge in [-0.3, -0.25) is 9.89 Å². The Hall–Kier alpha value is -1.66. The summed E-state index contributed by atoms with van der Waals surface area (Å²) >= 11 is 3.40. The normalized spacial score (nSPS) is 12.3. The van der Waals surface area contributed by atoms with Crippen LogP contribution in [0.15, 0.2) is 16.6 Å². The molecular weight excluding hydrogens is 312 g/mol. The van der Waals surface area contributed by atoms with Crippen molar-refractivity contribution in [2.75, 3.05) is 0 Å². The van der Waals surface area contributed by atoms with E-state index in [4.69, 9.17) is 0 Å². The number of benzene rings is 1. The first-order valence-corrected chi connectivity index (χ1v) is 6.47. The summed E-state index contributed by atoms with van der Waals surface area (Å²) in [4.78, 5) is 11.5. The third-order valence-corrected chi connectivity index (χ3v) is 4.21. The maximum Gasteiger partial charge on any atom is 0.177 e. The average molecular weight is 325 g/mol. The molecule has 4 N–H and O–H groups in total. The van der Waals surface area contributed by atoms with E-state index in [0.29, 0.717) is 5.69 Å². The number of Topliss-reactive ketones (excluding diaryl/α,β-unsaturated/α-hetero) is 1. The molecule has 0 aliphatic heterocycles. The van der Waals surface area contributed by atoms with Gasteiger partial charge in [0, 0.05) is 18.1 Å². The summed E-state index contributed by atoms with van der Waals surface area (Å²) in [6.45, 7) is 1.54. The summed E-state index contributed by atoms with van der Waals surface area (Å²) in [5, 5.41) is 16.7. The van der Waals surface area contributed by atoms with Crippen molar-refractivity contribution < 1.29 is 15.4 Å². The highest BCUT2D eigenvalue weighted by Crippen LogP contribution is 2.40. The molecule has 0 bridgehead atoms. The van der Waals surface area contributed by atoms with E-state index in [1.807, 2.05) is 6.07 Å². The molecule has 0 fully saturated rings. The molecule has 1 aliphatic rings. The number of aromatic amines is 1. The lowest BCUT2D eigenvalue weighted by atomic mass is 9.88. The highest BCUT2D eigenvalue weighted by molar-refractivity contribution is 9.10. The van der Waals surface area contributed by atoms with Gasteiger partial charge in [0.05, 0.1) is 10.2 Å². The average Bonchev–Trinajstić information content (AvgIpc) is 2.77. The van der Waals surface area contributed by atoms with E-state index in [2.05, 4.69) is 26.1 Å². The van der Waals surface area contributed by atoms with E-state index in [9.17, 15) is 9.90 Å². The lowest BCUT2D eigenvalue weighted by Crippen LogP contribution is -2.07. The van der Waals surface area contributed by atoms with Crippen LogP contribution in [0.1, 0.15) is 28.5 Å². The van der Waals surface area contributed by atoms with Crippen LogP contribution in [0.5, 0.6) is 5.75 Å². The number of fused-ring (bicyclic) bond motifs is 3. The Kier molecular flexibility index (Phi) is 3.47. The van der Waals surface area contributed by atoms with Gasteiger partial charge in [-0.25, -0.2) is 0 Å². The first-order chi connectivity index (χ1) is 8.59. The molecule has 0 saturated heterocycles. The van der Waals surface area contributed by atoms with E-state index < -0.39 is 0 Å². The molecule has 0 saturated carbocycles. The fourth-order valence-electron chi connectivity index (χ4n) is 2.45. The van der Waals surface area contributed by atoms with E-state index in [0.717, 1.165) is 39.7 Å². The van der Waals surface area contributed by atoms with Crippen molar-refractivity contribution in [3.8, 4) is 17.0 Å². The summed E-state index contributed by atoms with van der Waals surface area (Å²) in [5.41, 5.74) is 4.42. The third-order valence-electron chi connectivity index (χ3n) is 3.32. The fourth-order valence-corrected chi connectivity index (χ4v) is 2.99. The van der Waals surface area contributed by atoms with Gasteiger partial charge in [0.25, 0.3) is 0 Å². The Bertz CT molecular complexity index is 664. The summed E-state index contributed by atoms with van der Waals surface area (Å²) in [7, 11) is 0. The molecule has 6 heteroatoms. The van der Waals surface area contributed by atoms with Crippen LogP contribution < -0.4 is 0 Å². The Morgan fingerprint density at radius 1 is 1.37 bits per heavy atom. The number of ketones is 1. The van der Waals surface area contributed by atoms with Gasteiger partial charge in [0.2, 0.25) is 0 Å². The van der Waals surface area contributed by atoms with E-state index >= 15 is 0 Å². The van der Waals surface area contributed by atoms with Crippen molar-refractivity contribution in [1.82, 2.24) is 10.2 Å². The highest BCUT2D eigenvalue weighted by Gasteiger charge is 2.25. The second-order valence-corrected chi connectivity index (χ2v) is 5.20. The predicted octanol–water partition coefficient (Wildman–Crippen LogP) is 2.02. The number of aromatic nitrogens is 2. The summed E-state index contributed by atoms with van der Waals surface area (Å²) < 4.78 is 0.720. The molecule has 0 atom stereocenters. The number of rotatable bonds is 1. The van der Waals surface area contributed by atoms with Gasteiger partial charge in [-0.2, -0.15) is 5.10 Å². The second kappa shape index (κ2) is 4.79. The Morgan fingerprint density at radius 2 is 2.05 bits per heavy atom. The van der Waals surface area contributed by atoms with Crippen molar-refractivity contribution in [3.05, 3.63) is 33.4 Å². The highest BCUT2D eigenvalue weighted by atomic mass is 79.9. The topological polar surface area (TPSA) is 97.5 Å². The van der Waals surface area contributed by atoms with Crippen molar-refractivity contribution in [2.24, 2.45) is 0 Å². The fraction of sp³-hybridized carbons (Fsp3) is 0.231. The molecular formula is C13H13BrN2O3. The van der Waals surface area contributed by atoms with Gasteiger partial charge >= 0.3 is 0 Å². The first kappa shape index (κ1) is 13.8. The van der Waals surface area contributed by atoms with Gasteiger partial charge in [0.1, 0.15) is 11.4 Å². The SMILES string of the molecule is CC(=O)c1[nH]nc2c1CCc1c-2ccc(O)c1Br.O. The number of hydrogen-bond donors (Lipinski definition) is 2. The molecule has 1 aromatic carbocycles. The van der Waals surface area contributed by atoms with Gasteiger partial charge in [-0.05, 0) is 46.5 Å². The number of hydrogen-bond acceptors (Lipinski definition) is 3. The molecule has 100 valence electrons. The van der Waals surface area contributed by atoms with Crippen LogP contribution in [0.4, 0.5) is 0 Å². The van der Waals surface area contributed by atoms with Crippen LogP contribution in [0.25, 0.3) is 11.3 Å². The van der Waals surface area contributed by atoms with Gasteiger partial charge < -0.3 is 10.6 Å². The van der Waals surface area contributed by atoms with E-state index in [1.165, 1.54) is 6.92 Å². The second-order valence-electron chi connectivity index (χ2n) is 4.41. The van der Waals surface area contributed by atoms with E-state index in [-0.39, 0.29) is 17.0 Å². The number of nitrogens with zero attached hydrogens (tertiary/aromatic N) is 1. The number of aromatic hydroxyl groups is 1. The molecule has 2 aromatic rings. The zero-order valence-corrected chi connectivity index (χ0v) is 11.8. The zero-order valence-electron chi connectivity index (χ0n) is 10.2. The molecule has 5 nitrogen and oxygen atoms in total. The smallest absolute Gasteiger partial charge is 0.177 e. The first-order valence-electron chi connectivity index (χ1n) is 5.68. The minimum absolute atomic E-state index is 0. The van der Waals surface area contributed by atoms with Crippen LogP contribution in [-0.4, -0.2) is 26.6 Å². The van der Waals surface area contributed by atoms with Crippen LogP contribution >= 0.6 is 15.9 Å². The molecule has 0 amide bonds. The molecule has 1 aliphatic carbocycles. The third kappa shape index (κ3) is 1.97. The maximum atomic E-state index is 11.5. The van der Waals surface area contributed by atoms with E-state index in [1.54, 1.807) is 6.07 Å². The quantitative estimate of drug-likeness (QED) is 0.785. The Labute approximate surface area is 118 Å². The number of halogens is 1. The minimum atomic E-state index is 0. The molecule has 0 radical (unpaired) electrons. The van der Waals surface area contributed by atoms with Crippen LogP contribution in [-0.2, 0) is 12.8 Å². The monoisotopic (exact) mass is 324 g/mol. The van der Waals surface area contributed by atoms with Crippen molar-refractivity contribution in [3.63, 3.8) is 0 Å². The van der Waals surface area contributed by atoms with Gasteiger partial charge in [-0.1, -0.05) is 0 Å². The summed E-state index contributed by atoms with van der Waals surface area (Å²) in [5.74, 6) is 0.240. The standard InChI is InChI=1S/C13H11BrN2O2.H2O/c1-6(17)12-9-3-2-7-8(13(9)16-15-12)4-5-10(18)11(7)14;/h4-5,18H,2-3H2,1H3,(H,15,16);1H2. The molecule has 0 unspecified atom stereocenters. The van der Waals surface area contributed by atoms with Gasteiger partial charge in [-0.15, -0.1) is 0 Å². The molecule has 3 rings (SSSR count). The molecule has 19 heavy (non-hydrogen) atoms. The predicted molar refractivity (Wildman–Crippen MR) is 74.4 cm³/mol. The van der Waals surface area contributed by atoms with Gasteiger partial charge in [0.15, 0.2) is 5.78 Å². The largest absolute Gasteiger partial charge is 0.507 e. The number of nitrogens with one attached hydrogen (secondary N) is 1. The number of phenolic OH excluding ortho intramolecular Hbond substituents is 1. The lowest BCUT2D eigenvalue weighted by molar-refractivity contribution is 0.101.